The van der Waals surface area contributed by atoms with E-state index >= 15 is 0 Å². The van der Waals surface area contributed by atoms with Crippen molar-refractivity contribution in [2.75, 3.05) is 31.1 Å². The summed E-state index contributed by atoms with van der Waals surface area (Å²) in [6.45, 7) is 2.65. The summed E-state index contributed by atoms with van der Waals surface area (Å²) < 4.78 is 0. The number of carbonyl (C=O) groups is 1. The van der Waals surface area contributed by atoms with Gasteiger partial charge in [0.2, 0.25) is 5.95 Å². The van der Waals surface area contributed by atoms with E-state index in [0.717, 1.165) is 16.9 Å². The van der Waals surface area contributed by atoms with Crippen molar-refractivity contribution in [3.05, 3.63) is 41.3 Å². The zero-order valence-corrected chi connectivity index (χ0v) is 13.0. The van der Waals surface area contributed by atoms with E-state index in [1.165, 1.54) is 6.33 Å². The van der Waals surface area contributed by atoms with Gasteiger partial charge in [-0.2, -0.15) is 10.1 Å². The van der Waals surface area contributed by atoms with Crippen LogP contribution in [-0.2, 0) is 0 Å². The summed E-state index contributed by atoms with van der Waals surface area (Å²) in [7, 11) is 0. The van der Waals surface area contributed by atoms with Crippen molar-refractivity contribution in [2.45, 2.75) is 0 Å². The van der Waals surface area contributed by atoms with Crippen LogP contribution >= 0.6 is 11.6 Å². The van der Waals surface area contributed by atoms with E-state index < -0.39 is 0 Å². The van der Waals surface area contributed by atoms with Crippen LogP contribution in [0.4, 0.5) is 5.95 Å². The molecule has 7 nitrogen and oxygen atoms in total. The average Bonchev–Trinajstić information content (AvgIpc) is 3.23. The van der Waals surface area contributed by atoms with Gasteiger partial charge < -0.3 is 14.8 Å². The smallest absolute Gasteiger partial charge is 0.271 e. The maximum atomic E-state index is 12.7. The molecule has 118 valence electrons. The quantitative estimate of drug-likeness (QED) is 0.752. The molecule has 1 saturated heterocycles. The predicted octanol–water partition coefficient (Wildman–Crippen LogP) is 1.90. The second kappa shape index (κ2) is 5.58. The van der Waals surface area contributed by atoms with Crippen molar-refractivity contribution in [2.24, 2.45) is 0 Å². The highest BCUT2D eigenvalue weighted by atomic mass is 35.5. The fourth-order valence-corrected chi connectivity index (χ4v) is 3.18. The Kier molecular flexibility index (Phi) is 3.42. The number of benzene rings is 1. The number of halogens is 1. The van der Waals surface area contributed by atoms with Crippen LogP contribution in [0.15, 0.2) is 30.6 Å². The first-order valence-corrected chi connectivity index (χ1v) is 7.77. The molecule has 0 unspecified atom stereocenters. The maximum absolute atomic E-state index is 12.7. The highest BCUT2D eigenvalue weighted by molar-refractivity contribution is 6.38. The lowest BCUT2D eigenvalue weighted by Crippen LogP contribution is -2.49. The maximum Gasteiger partial charge on any atom is 0.271 e. The highest BCUT2D eigenvalue weighted by Gasteiger charge is 2.26. The van der Waals surface area contributed by atoms with E-state index in [1.54, 1.807) is 0 Å². The van der Waals surface area contributed by atoms with Crippen LogP contribution in [0, 0.1) is 0 Å². The van der Waals surface area contributed by atoms with Gasteiger partial charge in [0, 0.05) is 37.1 Å². The van der Waals surface area contributed by atoms with Crippen LogP contribution in [0.1, 0.15) is 10.5 Å². The Balaban J connectivity index is 1.52. The number of anilines is 1. The third-order valence-corrected chi connectivity index (χ3v) is 4.52. The monoisotopic (exact) mass is 330 g/mol. The summed E-state index contributed by atoms with van der Waals surface area (Å²) in [4.78, 5) is 23.9. The second-order valence-electron chi connectivity index (χ2n) is 5.45. The van der Waals surface area contributed by atoms with Gasteiger partial charge in [0.1, 0.15) is 12.0 Å². The summed E-state index contributed by atoms with van der Waals surface area (Å²) in [5.74, 6) is 0.671. The first kappa shape index (κ1) is 14.1. The van der Waals surface area contributed by atoms with Crippen LogP contribution in [0.3, 0.4) is 0 Å². The van der Waals surface area contributed by atoms with Crippen LogP contribution in [0.25, 0.3) is 10.9 Å². The number of rotatable bonds is 2. The van der Waals surface area contributed by atoms with E-state index in [4.69, 9.17) is 11.6 Å². The van der Waals surface area contributed by atoms with Crippen molar-refractivity contribution in [3.63, 3.8) is 0 Å². The fourth-order valence-electron chi connectivity index (χ4n) is 2.89. The van der Waals surface area contributed by atoms with Gasteiger partial charge in [0.25, 0.3) is 5.91 Å². The van der Waals surface area contributed by atoms with Crippen molar-refractivity contribution < 1.29 is 4.79 Å². The number of amides is 1. The number of aromatic amines is 2. The Hall–Kier alpha value is -2.54. The molecule has 0 aliphatic carbocycles. The molecule has 3 heterocycles. The summed E-state index contributed by atoms with van der Waals surface area (Å²) in [6, 6.07) is 7.65. The lowest BCUT2D eigenvalue weighted by atomic mass is 10.2. The van der Waals surface area contributed by atoms with E-state index in [-0.39, 0.29) is 5.91 Å². The zero-order chi connectivity index (χ0) is 15.8. The Morgan fingerprint density at radius 1 is 1.17 bits per heavy atom. The summed E-state index contributed by atoms with van der Waals surface area (Å²) in [5.41, 5.74) is 1.34. The molecule has 1 aliphatic heterocycles. The molecule has 3 aromatic rings. The molecule has 2 aromatic heterocycles. The molecule has 1 fully saturated rings. The first-order valence-electron chi connectivity index (χ1n) is 7.40. The van der Waals surface area contributed by atoms with E-state index in [1.807, 2.05) is 29.2 Å². The predicted molar refractivity (Wildman–Crippen MR) is 87.8 cm³/mol. The number of H-pyrrole nitrogens is 2. The largest absolute Gasteiger partial charge is 0.349 e. The van der Waals surface area contributed by atoms with E-state index in [0.29, 0.717) is 36.9 Å². The Morgan fingerprint density at radius 2 is 1.96 bits per heavy atom. The molecule has 0 radical (unpaired) electrons. The van der Waals surface area contributed by atoms with Crippen LogP contribution in [0.2, 0.25) is 5.02 Å². The number of aromatic nitrogens is 4. The summed E-state index contributed by atoms with van der Waals surface area (Å²) >= 11 is 6.37. The number of piperazine rings is 1. The lowest BCUT2D eigenvalue weighted by molar-refractivity contribution is 0.0741. The highest BCUT2D eigenvalue weighted by Crippen LogP contribution is 2.28. The average molecular weight is 331 g/mol. The summed E-state index contributed by atoms with van der Waals surface area (Å²) in [5, 5.41) is 8.06. The Bertz CT molecular complexity index is 835. The minimum Gasteiger partial charge on any atom is -0.349 e. The van der Waals surface area contributed by atoms with Gasteiger partial charge in [-0.3, -0.25) is 4.79 Å². The number of nitrogens with zero attached hydrogens (tertiary/aromatic N) is 4. The number of hydrogen-bond acceptors (Lipinski definition) is 4. The van der Waals surface area contributed by atoms with Gasteiger partial charge in [-0.1, -0.05) is 29.8 Å². The van der Waals surface area contributed by atoms with Crippen molar-refractivity contribution >= 4 is 34.4 Å². The third-order valence-electron chi connectivity index (χ3n) is 4.13. The molecule has 2 N–H and O–H groups in total. The molecule has 0 atom stereocenters. The number of nitrogens with one attached hydrogen (secondary N) is 2. The van der Waals surface area contributed by atoms with Gasteiger partial charge in [0.05, 0.1) is 5.02 Å². The molecule has 0 bridgehead atoms. The van der Waals surface area contributed by atoms with Gasteiger partial charge in [-0.25, -0.2) is 5.10 Å². The molecule has 4 rings (SSSR count). The molecular weight excluding hydrogens is 316 g/mol. The number of carbonyl (C=O) groups excluding carboxylic acids is 1. The van der Waals surface area contributed by atoms with Crippen LogP contribution < -0.4 is 4.90 Å². The topological polar surface area (TPSA) is 80.9 Å². The molecule has 0 spiro atoms. The van der Waals surface area contributed by atoms with E-state index in [2.05, 4.69) is 25.1 Å². The molecule has 1 aromatic carbocycles. The molecular formula is C15H15ClN6O. The second-order valence-corrected chi connectivity index (χ2v) is 5.83. The Labute approximate surface area is 137 Å². The van der Waals surface area contributed by atoms with Gasteiger partial charge in [-0.15, -0.1) is 0 Å². The molecule has 23 heavy (non-hydrogen) atoms. The number of para-hydroxylation sites is 1. The lowest BCUT2D eigenvalue weighted by Gasteiger charge is -2.34. The molecule has 8 heteroatoms. The standard InChI is InChI=1S/C15H15ClN6O/c16-12-10-3-1-2-4-11(10)19-13(12)14(23)21-5-7-22(8-6-21)15-17-9-18-20-15/h1-4,9,19H,5-8H2,(H,17,18,20). The van der Waals surface area contributed by atoms with Gasteiger partial charge >= 0.3 is 0 Å². The molecule has 1 aliphatic rings. The third kappa shape index (κ3) is 2.43. The fraction of sp³-hybridized carbons (Fsp3) is 0.267. The molecule has 0 saturated carbocycles. The number of hydrogen-bond donors (Lipinski definition) is 2. The zero-order valence-electron chi connectivity index (χ0n) is 12.3. The molecule has 1 amide bonds. The van der Waals surface area contributed by atoms with Crippen molar-refractivity contribution in [3.8, 4) is 0 Å². The van der Waals surface area contributed by atoms with Crippen molar-refractivity contribution in [1.29, 1.82) is 0 Å². The Morgan fingerprint density at radius 3 is 2.65 bits per heavy atom. The minimum absolute atomic E-state index is 0.0663. The van der Waals surface area contributed by atoms with Gasteiger partial charge in [-0.05, 0) is 6.07 Å². The normalized spacial score (nSPS) is 15.3. The van der Waals surface area contributed by atoms with Crippen molar-refractivity contribution in [1.82, 2.24) is 25.1 Å². The minimum atomic E-state index is -0.0663. The SMILES string of the molecule is O=C(c1[nH]c2ccccc2c1Cl)N1CCN(c2ncn[nH]2)CC1. The number of fused-ring (bicyclic) bond motifs is 1. The van der Waals surface area contributed by atoms with Crippen LogP contribution in [-0.4, -0.2) is 57.2 Å². The summed E-state index contributed by atoms with van der Waals surface area (Å²) in [6.07, 6.45) is 1.48. The van der Waals surface area contributed by atoms with Crippen LogP contribution in [0.5, 0.6) is 0 Å². The first-order chi connectivity index (χ1) is 11.2. The van der Waals surface area contributed by atoms with E-state index in [9.17, 15) is 4.79 Å². The van der Waals surface area contributed by atoms with Gasteiger partial charge in [0.15, 0.2) is 0 Å².